The van der Waals surface area contributed by atoms with Crippen LogP contribution < -0.4 is 16.0 Å². The second kappa shape index (κ2) is 6.52. The van der Waals surface area contributed by atoms with E-state index < -0.39 is 5.91 Å². The Hall–Kier alpha value is -1.88. The largest absolute Gasteiger partial charge is 0.366 e. The molecule has 2 rings (SSSR count). The van der Waals surface area contributed by atoms with E-state index in [0.717, 1.165) is 6.54 Å². The average molecular weight is 276 g/mol. The molecule has 5 nitrogen and oxygen atoms in total. The standard InChI is InChI=1S/C15H21N3O2/c1-11-4-2-3-9-18(11)10-14(19)17-13-7-5-12(6-8-13)15(16)20/h5-8,11H,2-4,9-10H2,1H3,(H2,16,20)(H,17,19)/p+1/t11-/m1/s1. The maximum absolute atomic E-state index is 12.0. The maximum Gasteiger partial charge on any atom is 0.279 e. The van der Waals surface area contributed by atoms with Crippen LogP contribution in [0.15, 0.2) is 24.3 Å². The molecule has 1 fully saturated rings. The number of nitrogens with one attached hydrogen (secondary N) is 2. The van der Waals surface area contributed by atoms with Gasteiger partial charge in [-0.15, -0.1) is 0 Å². The fraction of sp³-hybridized carbons (Fsp3) is 0.467. The van der Waals surface area contributed by atoms with Gasteiger partial charge in [-0.2, -0.15) is 0 Å². The molecule has 1 aliphatic heterocycles. The summed E-state index contributed by atoms with van der Waals surface area (Å²) < 4.78 is 0. The van der Waals surface area contributed by atoms with Crippen LogP contribution in [-0.2, 0) is 4.79 Å². The third kappa shape index (κ3) is 3.81. The zero-order chi connectivity index (χ0) is 14.5. The van der Waals surface area contributed by atoms with Crippen molar-refractivity contribution in [3.63, 3.8) is 0 Å². The monoisotopic (exact) mass is 276 g/mol. The summed E-state index contributed by atoms with van der Waals surface area (Å²) in [7, 11) is 0. The number of carbonyl (C=O) groups excluding carboxylic acids is 2. The summed E-state index contributed by atoms with van der Waals surface area (Å²) in [5.41, 5.74) is 6.32. The number of hydrogen-bond donors (Lipinski definition) is 3. The first-order chi connectivity index (χ1) is 9.56. The van der Waals surface area contributed by atoms with Gasteiger partial charge in [-0.05, 0) is 50.5 Å². The molecule has 1 unspecified atom stereocenters. The lowest BCUT2D eigenvalue weighted by molar-refractivity contribution is -0.920. The number of piperidine rings is 1. The summed E-state index contributed by atoms with van der Waals surface area (Å²) in [5.74, 6) is -0.449. The Morgan fingerprint density at radius 2 is 2.00 bits per heavy atom. The lowest BCUT2D eigenvalue weighted by Gasteiger charge is -2.29. The molecule has 1 aromatic carbocycles. The van der Waals surface area contributed by atoms with Gasteiger partial charge in [0.2, 0.25) is 5.91 Å². The Bertz CT molecular complexity index is 484. The van der Waals surface area contributed by atoms with Crippen molar-refractivity contribution >= 4 is 17.5 Å². The molecule has 2 atom stereocenters. The number of nitrogens with two attached hydrogens (primary N) is 1. The van der Waals surface area contributed by atoms with Crippen LogP contribution >= 0.6 is 0 Å². The number of quaternary nitrogens is 1. The summed E-state index contributed by atoms with van der Waals surface area (Å²) in [5, 5.41) is 2.86. The van der Waals surface area contributed by atoms with Crippen molar-refractivity contribution in [1.82, 2.24) is 0 Å². The molecule has 2 amide bonds. The molecule has 108 valence electrons. The molecular formula is C15H22N3O2+. The van der Waals surface area contributed by atoms with E-state index in [2.05, 4.69) is 12.2 Å². The highest BCUT2D eigenvalue weighted by atomic mass is 16.2. The van der Waals surface area contributed by atoms with Crippen LogP contribution in [0.5, 0.6) is 0 Å². The van der Waals surface area contributed by atoms with Gasteiger partial charge in [-0.1, -0.05) is 0 Å². The van der Waals surface area contributed by atoms with Crippen LogP contribution in [0, 0.1) is 0 Å². The molecule has 1 aromatic rings. The van der Waals surface area contributed by atoms with Gasteiger partial charge in [0.1, 0.15) is 0 Å². The first kappa shape index (κ1) is 14.5. The summed E-state index contributed by atoms with van der Waals surface area (Å²) in [4.78, 5) is 24.3. The van der Waals surface area contributed by atoms with Gasteiger partial charge in [0.25, 0.3) is 5.91 Å². The van der Waals surface area contributed by atoms with E-state index in [-0.39, 0.29) is 5.91 Å². The molecule has 0 saturated carbocycles. The van der Waals surface area contributed by atoms with E-state index in [1.807, 2.05) is 0 Å². The van der Waals surface area contributed by atoms with Crippen LogP contribution in [0.3, 0.4) is 0 Å². The van der Waals surface area contributed by atoms with Crippen molar-refractivity contribution < 1.29 is 14.5 Å². The Kier molecular flexibility index (Phi) is 4.74. The number of anilines is 1. The van der Waals surface area contributed by atoms with E-state index >= 15 is 0 Å². The van der Waals surface area contributed by atoms with Crippen molar-refractivity contribution in [2.45, 2.75) is 32.2 Å². The normalized spacial score (nSPS) is 22.2. The Morgan fingerprint density at radius 1 is 1.30 bits per heavy atom. The average Bonchev–Trinajstić information content (AvgIpc) is 2.42. The van der Waals surface area contributed by atoms with Crippen molar-refractivity contribution in [2.75, 3.05) is 18.4 Å². The van der Waals surface area contributed by atoms with Crippen molar-refractivity contribution in [3.05, 3.63) is 29.8 Å². The third-order valence-corrected chi connectivity index (χ3v) is 3.92. The summed E-state index contributed by atoms with van der Waals surface area (Å²) in [6, 6.07) is 7.19. The first-order valence-electron chi connectivity index (χ1n) is 7.10. The van der Waals surface area contributed by atoms with Gasteiger partial charge >= 0.3 is 0 Å². The number of carbonyl (C=O) groups is 2. The zero-order valence-corrected chi connectivity index (χ0v) is 11.8. The van der Waals surface area contributed by atoms with Gasteiger partial charge in [0, 0.05) is 11.3 Å². The highest BCUT2D eigenvalue weighted by Crippen LogP contribution is 2.09. The summed E-state index contributed by atoms with van der Waals surface area (Å²) in [6.45, 7) is 3.76. The second-order valence-corrected chi connectivity index (χ2v) is 5.47. The molecule has 0 aromatic heterocycles. The van der Waals surface area contributed by atoms with Crippen molar-refractivity contribution in [1.29, 1.82) is 0 Å². The van der Waals surface area contributed by atoms with E-state index in [4.69, 9.17) is 5.73 Å². The van der Waals surface area contributed by atoms with Crippen molar-refractivity contribution in [3.8, 4) is 0 Å². The van der Waals surface area contributed by atoms with Gasteiger partial charge in [0.15, 0.2) is 6.54 Å². The maximum atomic E-state index is 12.0. The minimum atomic E-state index is -0.463. The van der Waals surface area contributed by atoms with Crippen LogP contribution in [0.25, 0.3) is 0 Å². The van der Waals surface area contributed by atoms with Crippen LogP contribution in [0.1, 0.15) is 36.5 Å². The van der Waals surface area contributed by atoms with Crippen LogP contribution in [0.2, 0.25) is 0 Å². The number of hydrogen-bond acceptors (Lipinski definition) is 2. The minimum absolute atomic E-state index is 0.0144. The molecule has 0 aliphatic carbocycles. The van der Waals surface area contributed by atoms with E-state index in [1.165, 1.54) is 24.2 Å². The molecule has 5 heteroatoms. The smallest absolute Gasteiger partial charge is 0.279 e. The molecule has 1 aliphatic rings. The number of rotatable bonds is 4. The second-order valence-electron chi connectivity index (χ2n) is 5.47. The van der Waals surface area contributed by atoms with E-state index in [0.29, 0.717) is 23.8 Å². The lowest BCUT2D eigenvalue weighted by atomic mass is 10.0. The zero-order valence-electron chi connectivity index (χ0n) is 11.8. The van der Waals surface area contributed by atoms with Crippen LogP contribution in [-0.4, -0.2) is 30.9 Å². The number of primary amides is 1. The summed E-state index contributed by atoms with van der Waals surface area (Å²) >= 11 is 0. The molecule has 0 radical (unpaired) electrons. The molecule has 0 bridgehead atoms. The lowest BCUT2D eigenvalue weighted by Crippen LogP contribution is -3.17. The minimum Gasteiger partial charge on any atom is -0.366 e. The first-order valence-corrected chi connectivity index (χ1v) is 7.10. The highest BCUT2D eigenvalue weighted by molar-refractivity contribution is 5.95. The fourth-order valence-corrected chi connectivity index (χ4v) is 2.64. The number of likely N-dealkylation sites (tertiary alicyclic amines) is 1. The quantitative estimate of drug-likeness (QED) is 0.734. The topological polar surface area (TPSA) is 76.6 Å². The van der Waals surface area contributed by atoms with Gasteiger partial charge in [-0.25, -0.2) is 0 Å². The molecule has 4 N–H and O–H groups in total. The Balaban J connectivity index is 1.89. The molecular weight excluding hydrogens is 254 g/mol. The predicted octanol–water partition coefficient (Wildman–Crippen LogP) is 0.181. The van der Waals surface area contributed by atoms with Crippen molar-refractivity contribution in [2.24, 2.45) is 5.73 Å². The molecule has 20 heavy (non-hydrogen) atoms. The SMILES string of the molecule is C[C@@H]1CCCC[NH+]1CC(=O)Nc1ccc(C(N)=O)cc1. The summed E-state index contributed by atoms with van der Waals surface area (Å²) in [6.07, 6.45) is 3.65. The predicted molar refractivity (Wildman–Crippen MR) is 77.6 cm³/mol. The number of amides is 2. The molecule has 1 saturated heterocycles. The molecule has 1 heterocycles. The Labute approximate surface area is 119 Å². The van der Waals surface area contributed by atoms with E-state index in [9.17, 15) is 9.59 Å². The number of benzene rings is 1. The van der Waals surface area contributed by atoms with Gasteiger partial charge in [0.05, 0.1) is 12.6 Å². The van der Waals surface area contributed by atoms with Crippen LogP contribution in [0.4, 0.5) is 5.69 Å². The van der Waals surface area contributed by atoms with Gasteiger partial charge in [-0.3, -0.25) is 9.59 Å². The molecule has 0 spiro atoms. The van der Waals surface area contributed by atoms with E-state index in [1.54, 1.807) is 24.3 Å². The Morgan fingerprint density at radius 3 is 2.60 bits per heavy atom. The third-order valence-electron chi connectivity index (χ3n) is 3.92. The van der Waals surface area contributed by atoms with Gasteiger partial charge < -0.3 is 16.0 Å². The fourth-order valence-electron chi connectivity index (χ4n) is 2.64. The highest BCUT2D eigenvalue weighted by Gasteiger charge is 2.24.